The molecule has 3 rings (SSSR count). The fourth-order valence-electron chi connectivity index (χ4n) is 3.89. The summed E-state index contributed by atoms with van der Waals surface area (Å²) in [4.78, 5) is 25.6. The number of benzene rings is 1. The van der Waals surface area contributed by atoms with Crippen LogP contribution in [0.15, 0.2) is 36.5 Å². The molecule has 1 aliphatic rings. The van der Waals surface area contributed by atoms with E-state index in [0.717, 1.165) is 25.3 Å². The van der Waals surface area contributed by atoms with Crippen molar-refractivity contribution >= 4 is 11.7 Å². The average molecular weight is 396 g/mol. The van der Waals surface area contributed by atoms with Crippen molar-refractivity contribution in [2.45, 2.75) is 58.0 Å². The number of carbonyl (C=O) groups is 1. The lowest BCUT2D eigenvalue weighted by Crippen LogP contribution is -2.36. The predicted molar refractivity (Wildman–Crippen MR) is 116 cm³/mol. The van der Waals surface area contributed by atoms with Crippen LogP contribution in [0.25, 0.3) is 0 Å². The summed E-state index contributed by atoms with van der Waals surface area (Å²) in [5, 5.41) is 0. The summed E-state index contributed by atoms with van der Waals surface area (Å²) < 4.78 is 0. The SMILES string of the molecule is CC(C)c1ccc(C(C)CC(=O)N2CCC(N(C)Cc3nccc(N)n3)C2)cc1. The number of rotatable bonds is 7. The van der Waals surface area contributed by atoms with Gasteiger partial charge in [-0.15, -0.1) is 0 Å². The van der Waals surface area contributed by atoms with Crippen molar-refractivity contribution in [3.05, 3.63) is 53.5 Å². The van der Waals surface area contributed by atoms with Gasteiger partial charge >= 0.3 is 0 Å². The molecule has 2 aromatic rings. The molecule has 156 valence electrons. The smallest absolute Gasteiger partial charge is 0.223 e. The van der Waals surface area contributed by atoms with Gasteiger partial charge in [0.05, 0.1) is 6.54 Å². The van der Waals surface area contributed by atoms with E-state index in [2.05, 4.69) is 67.0 Å². The Hall–Kier alpha value is -2.47. The summed E-state index contributed by atoms with van der Waals surface area (Å²) in [5.74, 6) is 2.19. The third-order valence-electron chi connectivity index (χ3n) is 5.91. The largest absolute Gasteiger partial charge is 0.384 e. The Morgan fingerprint density at radius 1 is 1.21 bits per heavy atom. The van der Waals surface area contributed by atoms with Crippen molar-refractivity contribution in [3.8, 4) is 0 Å². The number of likely N-dealkylation sites (N-methyl/N-ethyl adjacent to an activating group) is 1. The van der Waals surface area contributed by atoms with E-state index < -0.39 is 0 Å². The Balaban J connectivity index is 1.51. The first-order valence-corrected chi connectivity index (χ1v) is 10.5. The van der Waals surface area contributed by atoms with Gasteiger partial charge in [-0.2, -0.15) is 0 Å². The first-order chi connectivity index (χ1) is 13.8. The summed E-state index contributed by atoms with van der Waals surface area (Å²) in [6.07, 6.45) is 3.21. The number of likely N-dealkylation sites (tertiary alicyclic amines) is 1. The van der Waals surface area contributed by atoms with Crippen LogP contribution in [0.4, 0.5) is 5.82 Å². The van der Waals surface area contributed by atoms with Crippen LogP contribution >= 0.6 is 0 Å². The van der Waals surface area contributed by atoms with Crippen molar-refractivity contribution in [1.82, 2.24) is 19.8 Å². The number of nitrogens with two attached hydrogens (primary N) is 1. The molecule has 29 heavy (non-hydrogen) atoms. The standard InChI is InChI=1S/C23H33N5O/c1-16(2)18-5-7-19(8-6-18)17(3)13-23(29)28-12-10-20(14-28)27(4)15-22-25-11-9-21(24)26-22/h5-9,11,16-17,20H,10,12-15H2,1-4H3,(H2,24,25,26). The van der Waals surface area contributed by atoms with Gasteiger partial charge in [0, 0.05) is 31.7 Å². The van der Waals surface area contributed by atoms with E-state index in [0.29, 0.717) is 30.7 Å². The molecule has 6 nitrogen and oxygen atoms in total. The van der Waals surface area contributed by atoms with Crippen molar-refractivity contribution in [2.75, 3.05) is 25.9 Å². The third-order valence-corrected chi connectivity index (χ3v) is 5.91. The van der Waals surface area contributed by atoms with Crippen LogP contribution in [0, 0.1) is 0 Å². The van der Waals surface area contributed by atoms with Crippen molar-refractivity contribution in [2.24, 2.45) is 0 Å². The Bertz CT molecular complexity index is 820. The number of hydrogen-bond donors (Lipinski definition) is 1. The Morgan fingerprint density at radius 2 is 1.90 bits per heavy atom. The molecule has 2 N–H and O–H groups in total. The summed E-state index contributed by atoms with van der Waals surface area (Å²) in [6.45, 7) is 8.74. The monoisotopic (exact) mass is 395 g/mol. The molecule has 2 atom stereocenters. The van der Waals surface area contributed by atoms with Crippen molar-refractivity contribution in [3.63, 3.8) is 0 Å². The molecule has 1 fully saturated rings. The van der Waals surface area contributed by atoms with Gasteiger partial charge in [0.15, 0.2) is 0 Å². The molecular weight excluding hydrogens is 362 g/mol. The second-order valence-corrected chi connectivity index (χ2v) is 8.52. The number of aromatic nitrogens is 2. The predicted octanol–water partition coefficient (Wildman–Crippen LogP) is 3.41. The highest BCUT2D eigenvalue weighted by atomic mass is 16.2. The van der Waals surface area contributed by atoms with Crippen LogP contribution in [-0.2, 0) is 11.3 Å². The van der Waals surface area contributed by atoms with E-state index in [1.807, 2.05) is 4.90 Å². The first-order valence-electron chi connectivity index (χ1n) is 10.5. The molecule has 0 aliphatic carbocycles. The number of hydrogen-bond acceptors (Lipinski definition) is 5. The van der Waals surface area contributed by atoms with E-state index >= 15 is 0 Å². The van der Waals surface area contributed by atoms with Crippen LogP contribution in [0.2, 0.25) is 0 Å². The second-order valence-electron chi connectivity index (χ2n) is 8.52. The number of nitrogen functional groups attached to an aromatic ring is 1. The van der Waals surface area contributed by atoms with Crippen LogP contribution in [0.3, 0.4) is 0 Å². The molecule has 0 radical (unpaired) electrons. The molecule has 1 saturated heterocycles. The topological polar surface area (TPSA) is 75.4 Å². The van der Waals surface area contributed by atoms with Crippen molar-refractivity contribution in [1.29, 1.82) is 0 Å². The van der Waals surface area contributed by atoms with Crippen LogP contribution < -0.4 is 5.73 Å². The van der Waals surface area contributed by atoms with Gasteiger partial charge in [-0.25, -0.2) is 9.97 Å². The molecule has 2 unspecified atom stereocenters. The van der Waals surface area contributed by atoms with Gasteiger partial charge < -0.3 is 10.6 Å². The zero-order chi connectivity index (χ0) is 21.0. The van der Waals surface area contributed by atoms with E-state index in [4.69, 9.17) is 5.73 Å². The van der Waals surface area contributed by atoms with Gasteiger partial charge in [-0.1, -0.05) is 45.0 Å². The van der Waals surface area contributed by atoms with E-state index in [1.165, 1.54) is 11.1 Å². The number of nitrogens with zero attached hydrogens (tertiary/aromatic N) is 4. The van der Waals surface area contributed by atoms with E-state index in [-0.39, 0.29) is 11.8 Å². The van der Waals surface area contributed by atoms with Crippen LogP contribution in [0.5, 0.6) is 0 Å². The highest BCUT2D eigenvalue weighted by Gasteiger charge is 2.29. The fourth-order valence-corrected chi connectivity index (χ4v) is 3.89. The lowest BCUT2D eigenvalue weighted by Gasteiger charge is -2.24. The van der Waals surface area contributed by atoms with E-state index in [9.17, 15) is 4.79 Å². The average Bonchev–Trinajstić information content (AvgIpc) is 3.18. The molecule has 0 bridgehead atoms. The molecule has 6 heteroatoms. The highest BCUT2D eigenvalue weighted by Crippen LogP contribution is 2.24. The lowest BCUT2D eigenvalue weighted by molar-refractivity contribution is -0.130. The fraction of sp³-hybridized carbons (Fsp3) is 0.522. The summed E-state index contributed by atoms with van der Waals surface area (Å²) in [7, 11) is 2.06. The molecule has 1 aliphatic heterocycles. The van der Waals surface area contributed by atoms with Gasteiger partial charge in [0.25, 0.3) is 0 Å². The normalized spacial score (nSPS) is 17.9. The van der Waals surface area contributed by atoms with E-state index in [1.54, 1.807) is 12.3 Å². The molecule has 2 heterocycles. The van der Waals surface area contributed by atoms with Gasteiger partial charge in [-0.3, -0.25) is 9.69 Å². The molecule has 1 aromatic heterocycles. The minimum atomic E-state index is 0.223. The molecule has 1 aromatic carbocycles. The maximum Gasteiger partial charge on any atom is 0.223 e. The second kappa shape index (κ2) is 9.35. The van der Waals surface area contributed by atoms with Gasteiger partial charge in [0.2, 0.25) is 5.91 Å². The zero-order valence-electron chi connectivity index (χ0n) is 18.0. The Morgan fingerprint density at radius 3 is 2.55 bits per heavy atom. The number of anilines is 1. The quantitative estimate of drug-likeness (QED) is 0.777. The maximum absolute atomic E-state index is 12.8. The van der Waals surface area contributed by atoms with Crippen molar-refractivity contribution < 1.29 is 4.79 Å². The minimum Gasteiger partial charge on any atom is -0.384 e. The molecule has 1 amide bonds. The number of carbonyl (C=O) groups excluding carboxylic acids is 1. The van der Waals surface area contributed by atoms with Gasteiger partial charge in [0.1, 0.15) is 11.6 Å². The molecule has 0 saturated carbocycles. The summed E-state index contributed by atoms with van der Waals surface area (Å²) >= 11 is 0. The lowest BCUT2D eigenvalue weighted by atomic mass is 9.94. The van der Waals surface area contributed by atoms with Crippen LogP contribution in [-0.4, -0.2) is 51.9 Å². The first kappa shape index (κ1) is 21.2. The third kappa shape index (κ3) is 5.54. The summed E-state index contributed by atoms with van der Waals surface area (Å²) in [5.41, 5.74) is 8.31. The highest BCUT2D eigenvalue weighted by molar-refractivity contribution is 5.77. The molecule has 0 spiro atoms. The zero-order valence-corrected chi connectivity index (χ0v) is 18.0. The Kier molecular flexibility index (Phi) is 6.85. The summed E-state index contributed by atoms with van der Waals surface area (Å²) in [6, 6.07) is 10.7. The van der Waals surface area contributed by atoms with Crippen LogP contribution in [0.1, 0.15) is 62.4 Å². The minimum absolute atomic E-state index is 0.223. The number of amides is 1. The van der Waals surface area contributed by atoms with Gasteiger partial charge in [-0.05, 0) is 42.5 Å². The molecular formula is C23H33N5O. The maximum atomic E-state index is 12.8. The Labute approximate surface area is 174 Å².